The standard InChI is InChI=1S/C12H6Cl2FNO3/c13-7-2-1-3-8(9(7)14)19-11-10(15)6(12(17)18)4-5-16-11/h1-5H,(H,17,18). The monoisotopic (exact) mass is 301 g/mol. The maximum Gasteiger partial charge on any atom is 0.338 e. The van der Waals surface area contributed by atoms with Crippen molar-refractivity contribution in [2.75, 3.05) is 0 Å². The summed E-state index contributed by atoms with van der Waals surface area (Å²) >= 11 is 11.7. The van der Waals surface area contributed by atoms with Gasteiger partial charge in [0.2, 0.25) is 0 Å². The number of carboxylic acids is 1. The van der Waals surface area contributed by atoms with E-state index in [1.165, 1.54) is 12.1 Å². The Hall–Kier alpha value is -1.85. The Bertz CT molecular complexity index is 649. The fraction of sp³-hybridized carbons (Fsp3) is 0. The second-order valence-corrected chi connectivity index (χ2v) is 4.22. The second-order valence-electron chi connectivity index (χ2n) is 3.44. The van der Waals surface area contributed by atoms with Gasteiger partial charge in [0.25, 0.3) is 5.88 Å². The Labute approximate surface area is 117 Å². The lowest BCUT2D eigenvalue weighted by Gasteiger charge is -2.09. The molecule has 1 aromatic carbocycles. The van der Waals surface area contributed by atoms with E-state index in [0.29, 0.717) is 0 Å². The highest BCUT2D eigenvalue weighted by atomic mass is 35.5. The summed E-state index contributed by atoms with van der Waals surface area (Å²) in [6.45, 7) is 0. The van der Waals surface area contributed by atoms with Crippen molar-refractivity contribution in [1.29, 1.82) is 0 Å². The summed E-state index contributed by atoms with van der Waals surface area (Å²) in [7, 11) is 0. The minimum Gasteiger partial charge on any atom is -0.478 e. The van der Waals surface area contributed by atoms with Crippen LogP contribution in [0.3, 0.4) is 0 Å². The Kier molecular flexibility index (Phi) is 3.87. The first-order valence-corrected chi connectivity index (χ1v) is 5.76. The third kappa shape index (κ3) is 2.77. The van der Waals surface area contributed by atoms with Gasteiger partial charge in [-0.2, -0.15) is 0 Å². The number of aromatic nitrogens is 1. The molecule has 1 N–H and O–H groups in total. The predicted octanol–water partition coefficient (Wildman–Crippen LogP) is 4.02. The van der Waals surface area contributed by atoms with Gasteiger partial charge in [-0.05, 0) is 18.2 Å². The molecule has 2 rings (SSSR count). The molecule has 0 saturated heterocycles. The molecule has 7 heteroatoms. The van der Waals surface area contributed by atoms with Crippen LogP contribution in [0.25, 0.3) is 0 Å². The van der Waals surface area contributed by atoms with E-state index in [2.05, 4.69) is 4.98 Å². The summed E-state index contributed by atoms with van der Waals surface area (Å²) in [5, 5.41) is 9.10. The summed E-state index contributed by atoms with van der Waals surface area (Å²) in [6, 6.07) is 5.59. The molecule has 0 spiro atoms. The molecule has 0 amide bonds. The van der Waals surface area contributed by atoms with Gasteiger partial charge < -0.3 is 9.84 Å². The van der Waals surface area contributed by atoms with Gasteiger partial charge in [-0.25, -0.2) is 14.2 Å². The number of carbonyl (C=O) groups is 1. The van der Waals surface area contributed by atoms with E-state index in [0.717, 1.165) is 12.3 Å². The Balaban J connectivity index is 2.42. The van der Waals surface area contributed by atoms with Gasteiger partial charge in [0.1, 0.15) is 16.3 Å². The molecule has 0 aliphatic rings. The number of nitrogens with zero attached hydrogens (tertiary/aromatic N) is 1. The number of ether oxygens (including phenoxy) is 1. The number of hydrogen-bond acceptors (Lipinski definition) is 3. The van der Waals surface area contributed by atoms with Crippen LogP contribution < -0.4 is 4.74 Å². The Morgan fingerprint density at radius 1 is 1.32 bits per heavy atom. The molecule has 1 aromatic heterocycles. The second kappa shape index (κ2) is 5.42. The van der Waals surface area contributed by atoms with Crippen molar-refractivity contribution in [3.63, 3.8) is 0 Å². The van der Waals surface area contributed by atoms with E-state index in [1.54, 1.807) is 6.07 Å². The normalized spacial score (nSPS) is 10.3. The first-order valence-electron chi connectivity index (χ1n) is 5.00. The number of rotatable bonds is 3. The zero-order valence-electron chi connectivity index (χ0n) is 9.23. The molecule has 0 unspecified atom stereocenters. The topological polar surface area (TPSA) is 59.4 Å². The number of benzene rings is 1. The van der Waals surface area contributed by atoms with E-state index < -0.39 is 23.2 Å². The van der Waals surface area contributed by atoms with E-state index >= 15 is 0 Å². The Morgan fingerprint density at radius 3 is 2.74 bits per heavy atom. The molecule has 0 saturated carbocycles. The Morgan fingerprint density at radius 2 is 2.05 bits per heavy atom. The lowest BCUT2D eigenvalue weighted by Crippen LogP contribution is -2.03. The van der Waals surface area contributed by atoms with Crippen molar-refractivity contribution in [3.8, 4) is 11.6 Å². The van der Waals surface area contributed by atoms with Crippen molar-refractivity contribution >= 4 is 29.2 Å². The maximum absolute atomic E-state index is 13.8. The molecule has 98 valence electrons. The SMILES string of the molecule is O=C(O)c1ccnc(Oc2cccc(Cl)c2Cl)c1F. The van der Waals surface area contributed by atoms with Gasteiger partial charge in [-0.3, -0.25) is 0 Å². The number of aromatic carboxylic acids is 1. The van der Waals surface area contributed by atoms with E-state index in [4.69, 9.17) is 33.0 Å². The zero-order chi connectivity index (χ0) is 14.0. The van der Waals surface area contributed by atoms with Gasteiger partial charge in [-0.15, -0.1) is 0 Å². The molecule has 2 aromatic rings. The molecule has 19 heavy (non-hydrogen) atoms. The van der Waals surface area contributed by atoms with Crippen LogP contribution >= 0.6 is 23.2 Å². The highest BCUT2D eigenvalue weighted by Crippen LogP contribution is 2.34. The van der Waals surface area contributed by atoms with Crippen molar-refractivity contribution in [3.05, 3.63) is 51.9 Å². The van der Waals surface area contributed by atoms with Crippen LogP contribution in [0.2, 0.25) is 10.0 Å². The van der Waals surface area contributed by atoms with Crippen molar-refractivity contribution in [2.45, 2.75) is 0 Å². The van der Waals surface area contributed by atoms with Gasteiger partial charge in [0.05, 0.1) is 5.02 Å². The lowest BCUT2D eigenvalue weighted by atomic mass is 10.2. The van der Waals surface area contributed by atoms with Crippen LogP contribution in [-0.4, -0.2) is 16.1 Å². The molecule has 0 aliphatic carbocycles. The van der Waals surface area contributed by atoms with Gasteiger partial charge in [0.15, 0.2) is 5.82 Å². The van der Waals surface area contributed by atoms with Gasteiger partial charge >= 0.3 is 5.97 Å². The predicted molar refractivity (Wildman–Crippen MR) is 67.7 cm³/mol. The summed E-state index contributed by atoms with van der Waals surface area (Å²) in [5.74, 6) is -2.89. The first-order chi connectivity index (χ1) is 9.00. The van der Waals surface area contributed by atoms with Crippen molar-refractivity contribution < 1.29 is 19.0 Å². The summed E-state index contributed by atoms with van der Waals surface area (Å²) in [6.07, 6.45) is 1.13. The quantitative estimate of drug-likeness (QED) is 0.930. The molecule has 0 aliphatic heterocycles. The third-order valence-corrected chi connectivity index (χ3v) is 3.01. The number of carboxylic acid groups (broad SMARTS) is 1. The van der Waals surface area contributed by atoms with Gasteiger partial charge in [-0.1, -0.05) is 29.3 Å². The van der Waals surface area contributed by atoms with Crippen molar-refractivity contribution in [2.24, 2.45) is 0 Å². The molecular weight excluding hydrogens is 296 g/mol. The van der Waals surface area contributed by atoms with Gasteiger partial charge in [0, 0.05) is 6.20 Å². The highest BCUT2D eigenvalue weighted by molar-refractivity contribution is 6.42. The largest absolute Gasteiger partial charge is 0.478 e. The van der Waals surface area contributed by atoms with Crippen LogP contribution in [0, 0.1) is 5.82 Å². The number of hydrogen-bond donors (Lipinski definition) is 1. The molecule has 4 nitrogen and oxygen atoms in total. The average Bonchev–Trinajstić information content (AvgIpc) is 2.37. The van der Waals surface area contributed by atoms with E-state index in [9.17, 15) is 9.18 Å². The van der Waals surface area contributed by atoms with E-state index in [-0.39, 0.29) is 15.8 Å². The third-order valence-electron chi connectivity index (χ3n) is 2.21. The number of pyridine rings is 1. The molecule has 0 radical (unpaired) electrons. The zero-order valence-corrected chi connectivity index (χ0v) is 10.7. The molecular formula is C12H6Cl2FNO3. The molecule has 0 bridgehead atoms. The summed E-state index contributed by atoms with van der Waals surface area (Å²) in [4.78, 5) is 14.4. The molecule has 0 fully saturated rings. The average molecular weight is 302 g/mol. The van der Waals surface area contributed by atoms with Crippen molar-refractivity contribution in [1.82, 2.24) is 4.98 Å². The van der Waals surface area contributed by atoms with Crippen LogP contribution in [0.5, 0.6) is 11.6 Å². The summed E-state index contributed by atoms with van der Waals surface area (Å²) in [5.41, 5.74) is -0.539. The van der Waals surface area contributed by atoms with Crippen LogP contribution in [-0.2, 0) is 0 Å². The minimum atomic E-state index is -1.41. The maximum atomic E-state index is 13.8. The highest BCUT2D eigenvalue weighted by Gasteiger charge is 2.18. The minimum absolute atomic E-state index is 0.0862. The molecule has 0 atom stereocenters. The molecule has 1 heterocycles. The number of halogens is 3. The smallest absolute Gasteiger partial charge is 0.338 e. The lowest BCUT2D eigenvalue weighted by molar-refractivity contribution is 0.0690. The van der Waals surface area contributed by atoms with Crippen LogP contribution in [0.4, 0.5) is 4.39 Å². The first kappa shape index (κ1) is 13.6. The van der Waals surface area contributed by atoms with Crippen LogP contribution in [0.15, 0.2) is 30.5 Å². The fourth-order valence-corrected chi connectivity index (χ4v) is 1.66. The summed E-state index contributed by atoms with van der Waals surface area (Å²) < 4.78 is 18.9. The van der Waals surface area contributed by atoms with E-state index in [1.807, 2.05) is 0 Å². The fourth-order valence-electron chi connectivity index (χ4n) is 1.33. The van der Waals surface area contributed by atoms with Crippen LogP contribution in [0.1, 0.15) is 10.4 Å².